The van der Waals surface area contributed by atoms with Gasteiger partial charge in [-0.3, -0.25) is 4.79 Å². The highest BCUT2D eigenvalue weighted by Gasteiger charge is 2.13. The Labute approximate surface area is 160 Å². The van der Waals surface area contributed by atoms with Crippen molar-refractivity contribution in [3.63, 3.8) is 0 Å². The molecule has 0 aliphatic rings. The molecule has 7 heteroatoms. The zero-order chi connectivity index (χ0) is 18.4. The molecule has 5 nitrogen and oxygen atoms in total. The van der Waals surface area contributed by atoms with Crippen molar-refractivity contribution in [1.82, 2.24) is 9.88 Å². The van der Waals surface area contributed by atoms with Crippen LogP contribution < -0.4 is 9.47 Å². The summed E-state index contributed by atoms with van der Waals surface area (Å²) in [5.41, 5.74) is 1.91. The van der Waals surface area contributed by atoms with Crippen molar-refractivity contribution in [3.05, 3.63) is 52.2 Å². The van der Waals surface area contributed by atoms with Crippen LogP contribution in [-0.4, -0.2) is 43.1 Å². The van der Waals surface area contributed by atoms with Gasteiger partial charge in [-0.05, 0) is 23.6 Å². The molecule has 3 rings (SSSR count). The summed E-state index contributed by atoms with van der Waals surface area (Å²) >= 11 is 3.21. The summed E-state index contributed by atoms with van der Waals surface area (Å²) in [5.74, 6) is 1.39. The van der Waals surface area contributed by atoms with E-state index in [1.807, 2.05) is 41.1 Å². The second-order valence-electron chi connectivity index (χ2n) is 5.65. The van der Waals surface area contributed by atoms with Crippen LogP contribution >= 0.6 is 22.7 Å². The highest BCUT2D eigenvalue weighted by Crippen LogP contribution is 2.26. The highest BCUT2D eigenvalue weighted by atomic mass is 32.1. The van der Waals surface area contributed by atoms with E-state index in [9.17, 15) is 4.79 Å². The van der Waals surface area contributed by atoms with Gasteiger partial charge in [-0.25, -0.2) is 4.98 Å². The minimum atomic E-state index is 0.0239. The van der Waals surface area contributed by atoms with Gasteiger partial charge in [-0.2, -0.15) is 11.3 Å². The van der Waals surface area contributed by atoms with Gasteiger partial charge in [0.25, 0.3) is 0 Å². The smallest absolute Gasteiger partial charge is 0.228 e. The van der Waals surface area contributed by atoms with Crippen molar-refractivity contribution in [2.75, 3.05) is 27.3 Å². The maximum atomic E-state index is 12.4. The number of thiophene rings is 1. The number of likely N-dealkylation sites (N-methyl/N-ethyl adjacent to an activating group) is 1. The fraction of sp³-hybridized carbons (Fsp3) is 0.263. The van der Waals surface area contributed by atoms with Crippen molar-refractivity contribution in [1.29, 1.82) is 0 Å². The third-order valence-corrected chi connectivity index (χ3v) is 5.45. The van der Waals surface area contributed by atoms with Crippen LogP contribution in [0.3, 0.4) is 0 Å². The van der Waals surface area contributed by atoms with Crippen molar-refractivity contribution in [3.8, 4) is 22.1 Å². The van der Waals surface area contributed by atoms with Crippen molar-refractivity contribution < 1.29 is 14.3 Å². The molecule has 0 fully saturated rings. The molecule has 0 N–H and O–H groups in total. The lowest BCUT2D eigenvalue weighted by molar-refractivity contribution is -0.129. The quantitative estimate of drug-likeness (QED) is 0.586. The molecule has 26 heavy (non-hydrogen) atoms. The number of thiazole rings is 1. The summed E-state index contributed by atoms with van der Waals surface area (Å²) in [6, 6.07) is 9.51. The van der Waals surface area contributed by atoms with Gasteiger partial charge in [0.15, 0.2) is 11.5 Å². The number of ether oxygens (including phenoxy) is 2. The third-order valence-electron chi connectivity index (χ3n) is 3.83. The first-order chi connectivity index (χ1) is 12.7. The minimum Gasteiger partial charge on any atom is -0.493 e. The number of carbonyl (C=O) groups is 1. The lowest BCUT2D eigenvalue weighted by Crippen LogP contribution is -2.32. The third kappa shape index (κ3) is 4.62. The first kappa shape index (κ1) is 18.4. The predicted molar refractivity (Wildman–Crippen MR) is 105 cm³/mol. The standard InChI is InChI=1S/C19H20N2O3S2/c1-21(8-9-24-17-6-4-3-5-16(17)23-2)18(22)11-15-13-26-19(20-15)14-7-10-25-12-14/h3-7,10,12-13H,8-9,11H2,1-2H3. The van der Waals surface area contributed by atoms with Crippen molar-refractivity contribution in [2.45, 2.75) is 6.42 Å². The van der Waals surface area contributed by atoms with E-state index in [4.69, 9.17) is 9.47 Å². The second-order valence-corrected chi connectivity index (χ2v) is 7.29. The average molecular weight is 389 g/mol. The number of methoxy groups -OCH3 is 1. The number of hydrogen-bond acceptors (Lipinski definition) is 6. The summed E-state index contributed by atoms with van der Waals surface area (Å²) in [5, 5.41) is 6.99. The highest BCUT2D eigenvalue weighted by molar-refractivity contribution is 7.14. The number of amides is 1. The monoisotopic (exact) mass is 388 g/mol. The average Bonchev–Trinajstić information content (AvgIpc) is 3.33. The Morgan fingerprint density at radius 2 is 2.00 bits per heavy atom. The van der Waals surface area contributed by atoms with E-state index in [1.165, 1.54) is 0 Å². The molecule has 0 aliphatic carbocycles. The number of para-hydroxylation sites is 2. The van der Waals surface area contributed by atoms with Crippen LogP contribution in [0.4, 0.5) is 0 Å². The number of benzene rings is 1. The zero-order valence-corrected chi connectivity index (χ0v) is 16.3. The number of carbonyl (C=O) groups excluding carboxylic acids is 1. The number of aromatic nitrogens is 1. The van der Waals surface area contributed by atoms with Crippen LogP contribution in [0.25, 0.3) is 10.6 Å². The van der Waals surface area contributed by atoms with Crippen molar-refractivity contribution in [2.24, 2.45) is 0 Å². The zero-order valence-electron chi connectivity index (χ0n) is 14.7. The molecule has 0 spiro atoms. The van der Waals surface area contributed by atoms with E-state index in [0.717, 1.165) is 16.3 Å². The van der Waals surface area contributed by atoms with Gasteiger partial charge < -0.3 is 14.4 Å². The first-order valence-corrected chi connectivity index (χ1v) is 9.96. The van der Waals surface area contributed by atoms with Gasteiger partial charge in [0.05, 0.1) is 25.8 Å². The Kier molecular flexibility index (Phi) is 6.25. The second kappa shape index (κ2) is 8.82. The van der Waals surface area contributed by atoms with Crippen LogP contribution in [0.2, 0.25) is 0 Å². The molecule has 0 saturated carbocycles. The van der Waals surface area contributed by atoms with Crippen LogP contribution in [0.1, 0.15) is 5.69 Å². The first-order valence-electron chi connectivity index (χ1n) is 8.14. The lowest BCUT2D eigenvalue weighted by atomic mass is 10.3. The molecular weight excluding hydrogens is 368 g/mol. The molecule has 0 atom stereocenters. The summed E-state index contributed by atoms with van der Waals surface area (Å²) in [6.07, 6.45) is 0.297. The maximum absolute atomic E-state index is 12.4. The molecule has 1 amide bonds. The van der Waals surface area contributed by atoms with E-state index >= 15 is 0 Å². The van der Waals surface area contributed by atoms with Gasteiger partial charge >= 0.3 is 0 Å². The number of rotatable bonds is 8. The number of nitrogens with zero attached hydrogens (tertiary/aromatic N) is 2. The Bertz CT molecular complexity index is 846. The van der Waals surface area contributed by atoms with E-state index in [-0.39, 0.29) is 5.91 Å². The summed E-state index contributed by atoms with van der Waals surface area (Å²) in [4.78, 5) is 18.6. The largest absolute Gasteiger partial charge is 0.493 e. The molecule has 0 saturated heterocycles. The van der Waals surface area contributed by atoms with Gasteiger partial charge in [0.2, 0.25) is 5.91 Å². The van der Waals surface area contributed by atoms with Gasteiger partial charge in [-0.1, -0.05) is 12.1 Å². The van der Waals surface area contributed by atoms with Gasteiger partial charge in [0, 0.05) is 23.4 Å². The van der Waals surface area contributed by atoms with Crippen LogP contribution in [-0.2, 0) is 11.2 Å². The van der Waals surface area contributed by atoms with Crippen molar-refractivity contribution >= 4 is 28.6 Å². The Morgan fingerprint density at radius 1 is 1.19 bits per heavy atom. The molecule has 3 aromatic rings. The number of hydrogen-bond donors (Lipinski definition) is 0. The van der Waals surface area contributed by atoms with Crippen LogP contribution in [0.5, 0.6) is 11.5 Å². The molecule has 0 aliphatic heterocycles. The van der Waals surface area contributed by atoms with Gasteiger partial charge in [-0.15, -0.1) is 11.3 Å². The van der Waals surface area contributed by atoms with Crippen LogP contribution in [0, 0.1) is 0 Å². The summed E-state index contributed by atoms with van der Waals surface area (Å²) < 4.78 is 11.0. The molecular formula is C19H20N2O3S2. The summed E-state index contributed by atoms with van der Waals surface area (Å²) in [7, 11) is 3.39. The van der Waals surface area contributed by atoms with Crippen LogP contribution in [0.15, 0.2) is 46.5 Å². The SMILES string of the molecule is COc1ccccc1OCCN(C)C(=O)Cc1csc(-c2ccsc2)n1. The Morgan fingerprint density at radius 3 is 2.73 bits per heavy atom. The maximum Gasteiger partial charge on any atom is 0.228 e. The minimum absolute atomic E-state index is 0.0239. The molecule has 2 heterocycles. The van der Waals surface area contributed by atoms with E-state index in [1.54, 1.807) is 41.7 Å². The molecule has 1 aromatic carbocycles. The topological polar surface area (TPSA) is 51.7 Å². The fourth-order valence-corrected chi connectivity index (χ4v) is 3.88. The van der Waals surface area contributed by atoms with E-state index in [2.05, 4.69) is 10.4 Å². The molecule has 0 radical (unpaired) electrons. The molecule has 2 aromatic heterocycles. The molecule has 136 valence electrons. The molecule has 0 unspecified atom stereocenters. The summed E-state index contributed by atoms with van der Waals surface area (Å²) in [6.45, 7) is 0.901. The molecule has 0 bridgehead atoms. The Balaban J connectivity index is 1.49. The Hall–Kier alpha value is -2.38. The van der Waals surface area contributed by atoms with E-state index in [0.29, 0.717) is 31.1 Å². The predicted octanol–water partition coefficient (Wildman–Crippen LogP) is 3.96. The normalized spacial score (nSPS) is 10.5. The van der Waals surface area contributed by atoms with E-state index < -0.39 is 0 Å². The fourth-order valence-electron chi connectivity index (χ4n) is 2.35. The van der Waals surface area contributed by atoms with Gasteiger partial charge in [0.1, 0.15) is 11.6 Å². The lowest BCUT2D eigenvalue weighted by Gasteiger charge is -2.17.